The molecule has 3 fully saturated rings. The van der Waals surface area contributed by atoms with Gasteiger partial charge in [-0.1, -0.05) is 171 Å². The number of hydrogen-bond donors (Lipinski definition) is 9. The molecular formula is C82H124N12O11S3. The molecule has 23 nitrogen and oxygen atoms in total. The van der Waals surface area contributed by atoms with E-state index < -0.39 is 65.4 Å². The van der Waals surface area contributed by atoms with E-state index in [0.29, 0.717) is 0 Å². The first-order chi connectivity index (χ1) is 50.7. The molecule has 0 saturated carbocycles. The number of aryl methyl sites for hydroxylation is 4. The number of benzene rings is 3. The number of carbonyl (C=O) groups excluding carboxylic acids is 8. The van der Waals surface area contributed by atoms with E-state index in [9.17, 15) is 53.7 Å². The molecule has 6 heterocycles. The van der Waals surface area contributed by atoms with Crippen LogP contribution in [0.5, 0.6) is 0 Å². The highest BCUT2D eigenvalue weighted by atomic mass is 32.1. The summed E-state index contributed by atoms with van der Waals surface area (Å²) in [7, 11) is 1.74. The van der Waals surface area contributed by atoms with E-state index in [1.165, 1.54) is 28.5 Å². The Bertz CT molecular complexity index is 3910. The van der Waals surface area contributed by atoms with Crippen molar-refractivity contribution in [1.82, 2.24) is 61.6 Å². The number of nitrogens with zero attached hydrogens (tertiary/aromatic N) is 6. The number of aliphatic hydroxyl groups excluding tert-OH is 3. The second-order valence-electron chi connectivity index (χ2n) is 30.3. The molecule has 12 atom stereocenters. The Morgan fingerprint density at radius 3 is 1.01 bits per heavy atom. The van der Waals surface area contributed by atoms with E-state index in [4.69, 9.17) is 0 Å². The molecular weight excluding hydrogens is 1430 g/mol. The first-order valence-electron chi connectivity index (χ1n) is 37.9. The molecule has 0 radical (unpaired) electrons. The van der Waals surface area contributed by atoms with E-state index >= 15 is 0 Å². The topological polar surface area (TPSA) is 318 Å². The summed E-state index contributed by atoms with van der Waals surface area (Å²) in [6.07, 6.45) is -0.937. The highest BCUT2D eigenvalue weighted by Gasteiger charge is 2.48. The summed E-state index contributed by atoms with van der Waals surface area (Å²) >= 11 is 4.80. The van der Waals surface area contributed by atoms with Gasteiger partial charge in [0.1, 0.15) is 30.2 Å². The predicted molar refractivity (Wildman–Crippen MR) is 435 cm³/mol. The van der Waals surface area contributed by atoms with Crippen molar-refractivity contribution in [3.8, 4) is 31.3 Å². The van der Waals surface area contributed by atoms with Gasteiger partial charge in [0.05, 0.1) is 90.7 Å². The summed E-state index contributed by atoms with van der Waals surface area (Å²) < 4.78 is 0. The smallest absolute Gasteiger partial charge is 0.246 e. The minimum Gasteiger partial charge on any atom is -0.391 e. The van der Waals surface area contributed by atoms with Crippen molar-refractivity contribution < 1.29 is 53.7 Å². The normalized spacial score (nSPS) is 19.2. The van der Waals surface area contributed by atoms with Gasteiger partial charge in [0, 0.05) is 52.7 Å². The fourth-order valence-electron chi connectivity index (χ4n) is 13.3. The first-order valence-corrected chi connectivity index (χ1v) is 40.5. The molecule has 3 aliphatic rings. The molecule has 3 aliphatic heterocycles. The molecule has 3 aromatic carbocycles. The second-order valence-corrected chi connectivity index (χ2v) is 32.8. The van der Waals surface area contributed by atoms with Crippen molar-refractivity contribution in [2.24, 2.45) is 16.2 Å². The molecule has 0 spiro atoms. The summed E-state index contributed by atoms with van der Waals surface area (Å²) in [5.41, 5.74) is 14.4. The van der Waals surface area contributed by atoms with E-state index in [-0.39, 0.29) is 110 Å². The molecule has 0 unspecified atom stereocenters. The van der Waals surface area contributed by atoms with Gasteiger partial charge in [-0.25, -0.2) is 15.0 Å². The number of carbonyl (C=O) groups is 8. The highest BCUT2D eigenvalue weighted by molar-refractivity contribution is 7.14. The zero-order valence-electron chi connectivity index (χ0n) is 68.5. The maximum atomic E-state index is 13.4. The third-order valence-electron chi connectivity index (χ3n) is 18.8. The maximum Gasteiger partial charge on any atom is 0.246 e. The fourth-order valence-corrected chi connectivity index (χ4v) is 15.7. The summed E-state index contributed by atoms with van der Waals surface area (Å²) in [6.45, 7) is 45.9. The molecule has 26 heteroatoms. The maximum absolute atomic E-state index is 13.4. The van der Waals surface area contributed by atoms with Crippen LogP contribution in [0.2, 0.25) is 0 Å². The lowest BCUT2D eigenvalue weighted by molar-refractivity contribution is -0.144. The average molecular weight is 1550 g/mol. The number of rotatable bonds is 19. The summed E-state index contributed by atoms with van der Waals surface area (Å²) in [5, 5.41) is 48.4. The number of nitrogens with one attached hydrogen (secondary N) is 6. The van der Waals surface area contributed by atoms with Gasteiger partial charge in [0.2, 0.25) is 47.3 Å². The highest BCUT2D eigenvalue weighted by Crippen LogP contribution is 2.35. The van der Waals surface area contributed by atoms with Gasteiger partial charge in [-0.2, -0.15) is 0 Å². The Morgan fingerprint density at radius 1 is 0.454 bits per heavy atom. The SMILES string of the molecule is CC.CC.CC.CC(=O)N[C@H](C(=O)N1C[C@H](O)C[C@H]1C(=O)N[C@@H](C)c1ccc(-c2scnc2C)cc1)C(C)(C)C.CCc1cc(-c2scnc2C)ccc1[C@H](C)NC(=O)[C@@H]1C[C@@H](O)CN1C(=O)[C@@H](NC(C)=O)C(C)(C)C.CN[C@H](C(=O)N1C[C@H](O)C[C@H]1C(=O)N[C@@H](C)c1ccc(-c2scnc2C)cc1)C(C)(C)C. The molecule has 9 N–H and O–H groups in total. The van der Waals surface area contributed by atoms with Crippen molar-refractivity contribution in [3.05, 3.63) is 123 Å². The van der Waals surface area contributed by atoms with Gasteiger partial charge < -0.3 is 61.9 Å². The third kappa shape index (κ3) is 24.8. The summed E-state index contributed by atoms with van der Waals surface area (Å²) in [4.78, 5) is 124. The van der Waals surface area contributed by atoms with Gasteiger partial charge in [-0.05, 0) is 116 Å². The van der Waals surface area contributed by atoms with Crippen LogP contribution >= 0.6 is 34.0 Å². The van der Waals surface area contributed by atoms with Crippen LogP contribution in [0.3, 0.4) is 0 Å². The molecule has 0 aliphatic carbocycles. The van der Waals surface area contributed by atoms with Crippen LogP contribution in [0, 0.1) is 37.0 Å². The second kappa shape index (κ2) is 41.8. The number of likely N-dealkylation sites (N-methyl/N-ethyl adjacent to an activating group) is 1. The van der Waals surface area contributed by atoms with Crippen molar-refractivity contribution >= 4 is 81.3 Å². The van der Waals surface area contributed by atoms with Gasteiger partial charge >= 0.3 is 0 Å². The Hall–Kier alpha value is -7.85. The van der Waals surface area contributed by atoms with Crippen molar-refractivity contribution in [2.45, 2.75) is 265 Å². The lowest BCUT2D eigenvalue weighted by atomic mass is 9.85. The fraction of sp³-hybridized carbons (Fsp3) is 0.573. The van der Waals surface area contributed by atoms with E-state index in [1.54, 1.807) is 41.1 Å². The van der Waals surface area contributed by atoms with Gasteiger partial charge in [0.15, 0.2) is 0 Å². The molecule has 0 bridgehead atoms. The van der Waals surface area contributed by atoms with E-state index in [1.807, 2.05) is 223 Å². The van der Waals surface area contributed by atoms with Gasteiger partial charge in [-0.3, -0.25) is 38.4 Å². The quantitative estimate of drug-likeness (QED) is 0.0364. The summed E-state index contributed by atoms with van der Waals surface area (Å²) in [6, 6.07) is 17.1. The minimum atomic E-state index is -0.808. The number of aliphatic hydroxyl groups is 3. The number of β-amino-alcohol motifs (C(OH)–C–C–N with tert-alkyl or cyclic N) is 3. The molecule has 596 valence electrons. The van der Waals surface area contributed by atoms with Crippen LogP contribution in [0.1, 0.15) is 222 Å². The lowest BCUT2D eigenvalue weighted by Gasteiger charge is -2.35. The lowest BCUT2D eigenvalue weighted by Crippen LogP contribution is -2.57. The Morgan fingerprint density at radius 2 is 0.741 bits per heavy atom. The van der Waals surface area contributed by atoms with Crippen LogP contribution in [-0.2, 0) is 44.8 Å². The van der Waals surface area contributed by atoms with Crippen LogP contribution in [0.4, 0.5) is 0 Å². The van der Waals surface area contributed by atoms with Crippen molar-refractivity contribution in [3.63, 3.8) is 0 Å². The Labute approximate surface area is 654 Å². The zero-order chi connectivity index (χ0) is 81.6. The first kappa shape index (κ1) is 92.5. The van der Waals surface area contributed by atoms with Gasteiger partial charge in [-0.15, -0.1) is 34.0 Å². The van der Waals surface area contributed by atoms with Gasteiger partial charge in [0.25, 0.3) is 0 Å². The molecule has 3 aromatic heterocycles. The molecule has 108 heavy (non-hydrogen) atoms. The zero-order valence-corrected chi connectivity index (χ0v) is 70.9. The standard InChI is InChI=1S/C27H38N4O4S.C25H34N4O4S.C24H34N4O3S.3C2H6/c1-8-18-11-19(23-16(3)28-14-36-23)9-10-21(18)15(2)29-25(34)22-12-20(33)13-31(22)26(35)24(27(5,6)7)30-17(4)32;1-14(17-7-9-18(10-8-17)21-15(2)26-13-34-21)27-23(32)20-11-19(31)12-29(20)24(33)22(25(4,5)6)28-16(3)30;1-14(16-7-9-17(10-8-16)20-15(2)26-13-32-20)27-22(30)19-11-18(29)12-28(19)23(31)21(25-6)24(3,4)5;3*1-2/h9-11,14-15,20,22,24,33H,8,12-13H2,1-7H3,(H,29,34)(H,30,32);7-10,13-14,19-20,22,31H,11-12H2,1-6H3,(H,27,32)(H,28,30);7-10,13-14,18-19,21,25,29H,11-12H2,1-6H3,(H,27,30);3*1-2H3/t15-,20+,22-,24+;14-,19+,20-,22+;14-,18+,19-,21+;;;/m000.../s1. The number of amides is 8. The summed E-state index contributed by atoms with van der Waals surface area (Å²) in [5.74, 6) is -2.40. The molecule has 6 aromatic rings. The van der Waals surface area contributed by atoms with E-state index in [0.717, 1.165) is 77.1 Å². The number of likely N-dealkylation sites (tertiary alicyclic amines) is 3. The largest absolute Gasteiger partial charge is 0.391 e. The molecule has 3 saturated heterocycles. The number of thiazole rings is 3. The predicted octanol–water partition coefficient (Wildman–Crippen LogP) is 12.1. The van der Waals surface area contributed by atoms with Crippen molar-refractivity contribution in [1.29, 1.82) is 0 Å². The molecule has 8 amide bonds. The number of hydrogen-bond acceptors (Lipinski definition) is 18. The number of aromatic nitrogens is 3. The Balaban J connectivity index is 0.000000331. The van der Waals surface area contributed by atoms with Crippen LogP contribution in [0.15, 0.2) is 83.3 Å². The minimum absolute atomic E-state index is 0.0559. The van der Waals surface area contributed by atoms with Crippen molar-refractivity contribution in [2.75, 3.05) is 26.7 Å². The van der Waals surface area contributed by atoms with Crippen LogP contribution in [0.25, 0.3) is 31.3 Å². The third-order valence-corrected chi connectivity index (χ3v) is 21.8. The van der Waals surface area contributed by atoms with Crippen LogP contribution < -0.4 is 31.9 Å². The van der Waals surface area contributed by atoms with Crippen LogP contribution in [-0.4, -0.2) is 173 Å². The molecule has 9 rings (SSSR count). The average Bonchev–Trinajstić information content (AvgIpc) is 1.59. The van der Waals surface area contributed by atoms with E-state index in [2.05, 4.69) is 59.8 Å². The monoisotopic (exact) mass is 1550 g/mol. The Kier molecular flexibility index (Phi) is 35.8.